The third kappa shape index (κ3) is 4.99. The van der Waals surface area contributed by atoms with E-state index in [-0.39, 0.29) is 12.0 Å². The summed E-state index contributed by atoms with van der Waals surface area (Å²) in [5, 5.41) is 8.33. The van der Waals surface area contributed by atoms with Gasteiger partial charge in [-0.25, -0.2) is 9.97 Å². The fourth-order valence-electron chi connectivity index (χ4n) is 5.33. The summed E-state index contributed by atoms with van der Waals surface area (Å²) in [6.45, 7) is 9.03. The van der Waals surface area contributed by atoms with E-state index < -0.39 is 0 Å². The van der Waals surface area contributed by atoms with Crippen molar-refractivity contribution >= 4 is 22.5 Å². The molecule has 0 radical (unpaired) electrons. The van der Waals surface area contributed by atoms with Crippen molar-refractivity contribution < 1.29 is 9.53 Å². The molecular formula is C29H33N7O2. The lowest BCUT2D eigenvalue weighted by Gasteiger charge is -2.34. The van der Waals surface area contributed by atoms with Crippen LogP contribution in [0, 0.1) is 0 Å². The molecule has 196 valence electrons. The third-order valence-electron chi connectivity index (χ3n) is 7.52. The van der Waals surface area contributed by atoms with E-state index in [4.69, 9.17) is 4.74 Å². The molecular weight excluding hydrogens is 478 g/mol. The van der Waals surface area contributed by atoms with E-state index in [0.29, 0.717) is 23.2 Å². The number of nitrogens with one attached hydrogen (secondary N) is 2. The fraction of sp³-hybridized carbons (Fsp3) is 0.379. The Bertz CT molecular complexity index is 1460. The number of hydrogen-bond donors (Lipinski definition) is 2. The second-order valence-corrected chi connectivity index (χ2v) is 10.3. The normalized spacial score (nSPS) is 16.5. The summed E-state index contributed by atoms with van der Waals surface area (Å²) in [7, 11) is 0. The zero-order valence-corrected chi connectivity index (χ0v) is 21.9. The predicted molar refractivity (Wildman–Crippen MR) is 147 cm³/mol. The van der Waals surface area contributed by atoms with Crippen LogP contribution in [0.1, 0.15) is 42.9 Å². The second kappa shape index (κ2) is 10.5. The van der Waals surface area contributed by atoms with Gasteiger partial charge in [0, 0.05) is 55.6 Å². The Morgan fingerprint density at radius 1 is 1.05 bits per heavy atom. The Labute approximate surface area is 222 Å². The Balaban J connectivity index is 1.19. The molecule has 38 heavy (non-hydrogen) atoms. The van der Waals surface area contributed by atoms with Gasteiger partial charge in [-0.1, -0.05) is 12.1 Å². The number of fused-ring (bicyclic) bond motifs is 2. The Morgan fingerprint density at radius 2 is 1.92 bits per heavy atom. The quantitative estimate of drug-likeness (QED) is 0.402. The van der Waals surface area contributed by atoms with E-state index in [2.05, 4.69) is 67.1 Å². The van der Waals surface area contributed by atoms with Gasteiger partial charge >= 0.3 is 0 Å². The lowest BCUT2D eigenvalue weighted by molar-refractivity contribution is 0.0822. The first-order valence-corrected chi connectivity index (χ1v) is 13.4. The Hall–Kier alpha value is -3.82. The molecule has 1 amide bonds. The number of aromatic nitrogens is 4. The second-order valence-electron chi connectivity index (χ2n) is 10.3. The monoisotopic (exact) mass is 511 g/mol. The summed E-state index contributed by atoms with van der Waals surface area (Å²) in [5.74, 6) is 1.79. The molecule has 1 fully saturated rings. The number of piperidine rings is 1. The first-order valence-electron chi connectivity index (χ1n) is 13.4. The van der Waals surface area contributed by atoms with Crippen LogP contribution in [0.25, 0.3) is 22.0 Å². The molecule has 0 unspecified atom stereocenters. The van der Waals surface area contributed by atoms with Crippen molar-refractivity contribution in [2.45, 2.75) is 51.9 Å². The molecule has 2 aliphatic heterocycles. The van der Waals surface area contributed by atoms with Crippen LogP contribution in [0.5, 0.6) is 5.75 Å². The van der Waals surface area contributed by atoms with Gasteiger partial charge < -0.3 is 24.8 Å². The summed E-state index contributed by atoms with van der Waals surface area (Å²) in [5.41, 5.74) is 2.65. The number of ether oxygens (including phenoxy) is 1. The molecule has 2 aliphatic rings. The van der Waals surface area contributed by atoms with Crippen LogP contribution >= 0.6 is 0 Å². The minimum atomic E-state index is -0.262. The number of anilines is 1. The van der Waals surface area contributed by atoms with Crippen LogP contribution < -0.4 is 15.4 Å². The van der Waals surface area contributed by atoms with Gasteiger partial charge in [0.2, 0.25) is 0 Å². The van der Waals surface area contributed by atoms with Crippen LogP contribution in [-0.2, 0) is 13.1 Å². The van der Waals surface area contributed by atoms with Crippen LogP contribution in [-0.4, -0.2) is 62.1 Å². The van der Waals surface area contributed by atoms with Crippen molar-refractivity contribution in [1.29, 1.82) is 0 Å². The van der Waals surface area contributed by atoms with E-state index >= 15 is 0 Å². The van der Waals surface area contributed by atoms with Crippen molar-refractivity contribution in [1.82, 2.24) is 29.7 Å². The van der Waals surface area contributed by atoms with Crippen molar-refractivity contribution in [2.75, 3.05) is 25.0 Å². The highest BCUT2D eigenvalue weighted by Crippen LogP contribution is 2.28. The zero-order chi connectivity index (χ0) is 26.1. The van der Waals surface area contributed by atoms with Gasteiger partial charge in [-0.05, 0) is 50.3 Å². The molecule has 9 heteroatoms. The molecule has 1 aromatic carbocycles. The van der Waals surface area contributed by atoms with E-state index in [1.165, 1.54) is 0 Å². The summed E-state index contributed by atoms with van der Waals surface area (Å²) in [6, 6.07) is 10.4. The number of nitrogens with zero attached hydrogens (tertiary/aromatic N) is 5. The maximum Gasteiger partial charge on any atom is 0.260 e. The van der Waals surface area contributed by atoms with Crippen molar-refractivity contribution in [3.8, 4) is 17.0 Å². The minimum absolute atomic E-state index is 0.0723. The average Bonchev–Trinajstić information content (AvgIpc) is 3.37. The molecule has 9 nitrogen and oxygen atoms in total. The molecule has 0 atom stereocenters. The van der Waals surface area contributed by atoms with Crippen molar-refractivity contribution in [3.63, 3.8) is 0 Å². The number of hydrogen-bond acceptors (Lipinski definition) is 7. The predicted octanol–water partition coefficient (Wildman–Crippen LogP) is 4.10. The summed E-state index contributed by atoms with van der Waals surface area (Å²) in [4.78, 5) is 29.0. The lowest BCUT2D eigenvalue weighted by Crippen LogP contribution is -2.41. The maximum absolute atomic E-state index is 13.3. The van der Waals surface area contributed by atoms with E-state index in [0.717, 1.165) is 73.4 Å². The highest BCUT2D eigenvalue weighted by atomic mass is 16.5. The topological polar surface area (TPSA) is 97.2 Å². The van der Waals surface area contributed by atoms with Crippen LogP contribution in [0.4, 0.5) is 5.82 Å². The molecule has 0 spiro atoms. The number of imidazole rings is 1. The number of amides is 1. The molecule has 0 aliphatic carbocycles. The highest BCUT2D eigenvalue weighted by Gasteiger charge is 2.24. The minimum Gasteiger partial charge on any atom is -0.488 e. The Kier molecular flexibility index (Phi) is 6.78. The van der Waals surface area contributed by atoms with Gasteiger partial charge in [0.25, 0.3) is 5.91 Å². The molecule has 4 aromatic rings. The average molecular weight is 512 g/mol. The maximum atomic E-state index is 13.3. The first-order chi connectivity index (χ1) is 18.5. The first kappa shape index (κ1) is 24.5. The van der Waals surface area contributed by atoms with Crippen molar-refractivity contribution in [2.24, 2.45) is 0 Å². The number of rotatable bonds is 6. The van der Waals surface area contributed by atoms with Gasteiger partial charge in [0.1, 0.15) is 17.7 Å². The molecule has 0 bridgehead atoms. The number of carbonyl (C=O) groups excluding carboxylic acids is 1. The molecule has 6 rings (SSSR count). The molecule has 3 aromatic heterocycles. The van der Waals surface area contributed by atoms with E-state index in [1.807, 2.05) is 12.3 Å². The van der Waals surface area contributed by atoms with Gasteiger partial charge in [-0.3, -0.25) is 9.78 Å². The smallest absolute Gasteiger partial charge is 0.260 e. The number of likely N-dealkylation sites (tertiary alicyclic amines) is 1. The van der Waals surface area contributed by atoms with Gasteiger partial charge in [-0.2, -0.15) is 0 Å². The van der Waals surface area contributed by atoms with Crippen LogP contribution in [0.3, 0.4) is 0 Å². The Morgan fingerprint density at radius 3 is 2.76 bits per heavy atom. The third-order valence-corrected chi connectivity index (χ3v) is 7.52. The van der Waals surface area contributed by atoms with E-state index in [9.17, 15) is 4.79 Å². The molecule has 5 heterocycles. The molecule has 1 saturated heterocycles. The zero-order valence-electron chi connectivity index (χ0n) is 21.9. The largest absolute Gasteiger partial charge is 0.488 e. The van der Waals surface area contributed by atoms with Gasteiger partial charge in [0.15, 0.2) is 5.75 Å². The number of benzene rings is 1. The summed E-state index contributed by atoms with van der Waals surface area (Å²) in [6.07, 6.45) is 8.90. The van der Waals surface area contributed by atoms with Crippen LogP contribution in [0.2, 0.25) is 0 Å². The van der Waals surface area contributed by atoms with Gasteiger partial charge in [0.05, 0.1) is 30.2 Å². The number of carbonyl (C=O) groups is 1. The highest BCUT2D eigenvalue weighted by molar-refractivity contribution is 6.06. The SMILES string of the molecule is CC(C)N1CCC(Oc2cnccc2C(=O)Nc2cc3cc(-c4cnc5n4CCNC5)ccc3cn2)CC1. The van der Waals surface area contributed by atoms with Gasteiger partial charge in [-0.15, -0.1) is 0 Å². The number of pyridine rings is 2. The van der Waals surface area contributed by atoms with Crippen LogP contribution in [0.15, 0.2) is 55.1 Å². The molecule has 2 N–H and O–H groups in total. The molecule has 0 saturated carbocycles. The van der Waals surface area contributed by atoms with E-state index in [1.54, 1.807) is 24.7 Å². The standard InChI is InChI=1S/C29H33N7O2/c1-19(2)35-10-6-23(7-11-35)38-26-17-30-8-5-24(26)29(37)34-27-14-22-13-20(3-4-21(22)15-32-27)25-16-33-28-18-31-9-12-36(25)28/h3-5,8,13-17,19,23,31H,6-7,9-12,18H2,1-2H3,(H,32,34,37). The lowest BCUT2D eigenvalue weighted by atomic mass is 10.1. The summed E-state index contributed by atoms with van der Waals surface area (Å²) >= 11 is 0. The summed E-state index contributed by atoms with van der Waals surface area (Å²) < 4.78 is 8.53. The van der Waals surface area contributed by atoms with Crippen molar-refractivity contribution in [3.05, 3.63) is 66.5 Å². The fourth-order valence-corrected chi connectivity index (χ4v) is 5.33.